The van der Waals surface area contributed by atoms with Crippen molar-refractivity contribution in [2.24, 2.45) is 4.99 Å². The number of carbonyl (C=O) groups is 1. The second kappa shape index (κ2) is 10.3. The van der Waals surface area contributed by atoms with Crippen LogP contribution < -0.4 is 4.90 Å². The number of aromatic nitrogens is 4. The number of benzene rings is 3. The van der Waals surface area contributed by atoms with Crippen LogP contribution in [0.5, 0.6) is 0 Å². The van der Waals surface area contributed by atoms with Crippen LogP contribution >= 0.6 is 23.5 Å². The second-order valence-electron chi connectivity index (χ2n) is 7.78. The third-order valence-corrected chi connectivity index (χ3v) is 7.14. The number of thioether (sulfide) groups is 1. The molecule has 0 radical (unpaired) electrons. The first-order valence-electron chi connectivity index (χ1n) is 11.3. The van der Waals surface area contributed by atoms with E-state index in [-0.39, 0.29) is 5.91 Å². The average Bonchev–Trinajstić information content (AvgIpc) is 3.66. The lowest BCUT2D eigenvalue weighted by molar-refractivity contribution is -0.113. The van der Waals surface area contributed by atoms with Gasteiger partial charge in [0, 0.05) is 6.08 Å². The molecule has 6 rings (SSSR count). The molecule has 0 bridgehead atoms. The van der Waals surface area contributed by atoms with Crippen molar-refractivity contribution >= 4 is 52.0 Å². The molecule has 3 heterocycles. The number of tetrazole rings is 1. The molecule has 8 nitrogen and oxygen atoms in total. The standard InChI is InChI=1S/C27H18N6O2S2/c34-25-23(36-26(28-19-10-4-1-5-11-19)32(25)20-12-6-2-7-13-20)18-22-16-17-24(35-22)37-27-29-30-31-33(27)21-14-8-3-9-15-21/h1-18H/b23-18-,28-26?. The van der Waals surface area contributed by atoms with E-state index in [1.807, 2.05) is 103 Å². The first kappa shape index (κ1) is 23.0. The highest BCUT2D eigenvalue weighted by atomic mass is 32.2. The molecule has 0 aliphatic carbocycles. The van der Waals surface area contributed by atoms with Crippen molar-refractivity contribution < 1.29 is 9.21 Å². The molecular weight excluding hydrogens is 504 g/mol. The van der Waals surface area contributed by atoms with Crippen LogP contribution in [0.15, 0.2) is 128 Å². The van der Waals surface area contributed by atoms with Gasteiger partial charge in [0.25, 0.3) is 5.91 Å². The summed E-state index contributed by atoms with van der Waals surface area (Å²) in [4.78, 5) is 20.3. The maximum Gasteiger partial charge on any atom is 0.271 e. The number of amides is 1. The van der Waals surface area contributed by atoms with Crippen molar-refractivity contribution in [3.05, 3.63) is 114 Å². The van der Waals surface area contributed by atoms with Crippen LogP contribution in [0.2, 0.25) is 0 Å². The Morgan fingerprint density at radius 2 is 1.51 bits per heavy atom. The number of anilines is 1. The number of nitrogens with zero attached hydrogens (tertiary/aromatic N) is 6. The number of amidine groups is 1. The number of furan rings is 1. The summed E-state index contributed by atoms with van der Waals surface area (Å²) in [6, 6.07) is 32.3. The minimum atomic E-state index is -0.162. The molecule has 0 unspecified atom stereocenters. The Morgan fingerprint density at radius 1 is 0.838 bits per heavy atom. The van der Waals surface area contributed by atoms with E-state index < -0.39 is 0 Å². The molecule has 0 atom stereocenters. The van der Waals surface area contributed by atoms with Gasteiger partial charge in [-0.3, -0.25) is 9.69 Å². The number of carbonyl (C=O) groups excluding carboxylic acids is 1. The van der Waals surface area contributed by atoms with E-state index in [1.54, 1.807) is 15.7 Å². The molecule has 1 fully saturated rings. The SMILES string of the molecule is O=C1/C(=C/c2ccc(Sc3nnnn3-c3ccccc3)o2)SC(=Nc2ccccc2)N1c1ccccc1. The molecule has 10 heteroatoms. The summed E-state index contributed by atoms with van der Waals surface area (Å²) in [6.07, 6.45) is 1.74. The number of aliphatic imine (C=N–C) groups is 1. The number of para-hydroxylation sites is 3. The van der Waals surface area contributed by atoms with Crippen LogP contribution in [0, 0.1) is 0 Å². The van der Waals surface area contributed by atoms with Gasteiger partial charge < -0.3 is 4.42 Å². The zero-order valence-electron chi connectivity index (χ0n) is 19.2. The lowest BCUT2D eigenvalue weighted by atomic mass is 10.3. The molecule has 1 amide bonds. The van der Waals surface area contributed by atoms with Gasteiger partial charge in [-0.15, -0.1) is 5.10 Å². The van der Waals surface area contributed by atoms with Gasteiger partial charge in [-0.2, -0.15) is 4.68 Å². The lowest BCUT2D eigenvalue weighted by Crippen LogP contribution is -2.28. The predicted molar refractivity (Wildman–Crippen MR) is 145 cm³/mol. The van der Waals surface area contributed by atoms with Crippen LogP contribution in [0.1, 0.15) is 5.76 Å². The first-order chi connectivity index (χ1) is 18.2. The molecule has 5 aromatic rings. The van der Waals surface area contributed by atoms with Crippen LogP contribution in [-0.4, -0.2) is 31.3 Å². The van der Waals surface area contributed by atoms with E-state index in [1.165, 1.54) is 23.5 Å². The van der Waals surface area contributed by atoms with E-state index in [0.717, 1.165) is 17.1 Å². The first-order valence-corrected chi connectivity index (χ1v) is 12.9. The Balaban J connectivity index is 1.28. The van der Waals surface area contributed by atoms with Crippen molar-refractivity contribution in [3.8, 4) is 5.69 Å². The fraction of sp³-hybridized carbons (Fsp3) is 0. The van der Waals surface area contributed by atoms with E-state index in [0.29, 0.717) is 26.1 Å². The van der Waals surface area contributed by atoms with Gasteiger partial charge in [-0.05, 0) is 82.5 Å². The Hall–Kier alpha value is -4.41. The van der Waals surface area contributed by atoms with Crippen molar-refractivity contribution in [2.75, 3.05) is 4.90 Å². The highest BCUT2D eigenvalue weighted by Crippen LogP contribution is 2.38. The number of hydrogen-bond acceptors (Lipinski definition) is 8. The van der Waals surface area contributed by atoms with Crippen LogP contribution in [0.4, 0.5) is 11.4 Å². The molecular formula is C27H18N6O2S2. The summed E-state index contributed by atoms with van der Waals surface area (Å²) < 4.78 is 7.65. The Kier molecular flexibility index (Phi) is 6.40. The summed E-state index contributed by atoms with van der Waals surface area (Å²) >= 11 is 2.61. The van der Waals surface area contributed by atoms with E-state index >= 15 is 0 Å². The molecule has 3 aromatic carbocycles. The van der Waals surface area contributed by atoms with Gasteiger partial charge in [-0.25, -0.2) is 4.99 Å². The molecule has 1 aliphatic rings. The minimum Gasteiger partial charge on any atom is -0.450 e. The molecule has 0 spiro atoms. The molecule has 37 heavy (non-hydrogen) atoms. The van der Waals surface area contributed by atoms with Gasteiger partial charge in [0.05, 0.1) is 22.0 Å². The normalized spacial score (nSPS) is 15.7. The van der Waals surface area contributed by atoms with Crippen molar-refractivity contribution in [3.63, 3.8) is 0 Å². The summed E-state index contributed by atoms with van der Waals surface area (Å²) in [5, 5.41) is 13.7. The second-order valence-corrected chi connectivity index (χ2v) is 9.77. The van der Waals surface area contributed by atoms with Crippen molar-refractivity contribution in [1.82, 2.24) is 20.2 Å². The molecule has 180 valence electrons. The van der Waals surface area contributed by atoms with E-state index in [2.05, 4.69) is 15.5 Å². The molecule has 2 aromatic heterocycles. The van der Waals surface area contributed by atoms with Crippen molar-refractivity contribution in [2.45, 2.75) is 10.2 Å². The van der Waals surface area contributed by atoms with Gasteiger partial charge >= 0.3 is 0 Å². The third-order valence-electron chi connectivity index (χ3n) is 5.31. The zero-order valence-corrected chi connectivity index (χ0v) is 20.8. The van der Waals surface area contributed by atoms with E-state index in [4.69, 9.17) is 9.41 Å². The smallest absolute Gasteiger partial charge is 0.271 e. The summed E-state index contributed by atoms with van der Waals surface area (Å²) in [6.45, 7) is 0. The highest BCUT2D eigenvalue weighted by Gasteiger charge is 2.35. The topological polar surface area (TPSA) is 89.4 Å². The van der Waals surface area contributed by atoms with Crippen molar-refractivity contribution in [1.29, 1.82) is 0 Å². The Morgan fingerprint density at radius 3 is 2.24 bits per heavy atom. The Labute approximate surface area is 220 Å². The fourth-order valence-corrected chi connectivity index (χ4v) is 5.37. The van der Waals surface area contributed by atoms with Gasteiger partial charge in [0.2, 0.25) is 5.16 Å². The summed E-state index contributed by atoms with van der Waals surface area (Å²) in [5.41, 5.74) is 2.37. The quantitative estimate of drug-likeness (QED) is 0.245. The number of hydrogen-bond donors (Lipinski definition) is 0. The van der Waals surface area contributed by atoms with Crippen LogP contribution in [0.25, 0.3) is 11.8 Å². The fourth-order valence-electron chi connectivity index (χ4n) is 3.63. The third kappa shape index (κ3) is 4.97. The van der Waals surface area contributed by atoms with Gasteiger partial charge in [-0.1, -0.05) is 54.6 Å². The molecule has 1 aliphatic heterocycles. The summed E-state index contributed by atoms with van der Waals surface area (Å²) in [5.74, 6) is 0.385. The monoisotopic (exact) mass is 522 g/mol. The highest BCUT2D eigenvalue weighted by molar-refractivity contribution is 8.19. The van der Waals surface area contributed by atoms with Crippen LogP contribution in [-0.2, 0) is 4.79 Å². The Bertz CT molecular complexity index is 1600. The van der Waals surface area contributed by atoms with Crippen LogP contribution in [0.3, 0.4) is 0 Å². The zero-order chi connectivity index (χ0) is 25.0. The predicted octanol–water partition coefficient (Wildman–Crippen LogP) is 6.22. The lowest BCUT2D eigenvalue weighted by Gasteiger charge is -2.15. The summed E-state index contributed by atoms with van der Waals surface area (Å²) in [7, 11) is 0. The largest absolute Gasteiger partial charge is 0.450 e. The maximum atomic E-state index is 13.5. The molecule has 0 N–H and O–H groups in total. The minimum absolute atomic E-state index is 0.162. The molecule has 1 saturated heterocycles. The number of rotatable bonds is 6. The van der Waals surface area contributed by atoms with Gasteiger partial charge in [0.15, 0.2) is 10.3 Å². The maximum absolute atomic E-state index is 13.5. The average molecular weight is 523 g/mol. The molecule has 0 saturated carbocycles. The van der Waals surface area contributed by atoms with Gasteiger partial charge in [0.1, 0.15) is 5.76 Å². The van der Waals surface area contributed by atoms with E-state index in [9.17, 15) is 4.79 Å².